The summed E-state index contributed by atoms with van der Waals surface area (Å²) in [6, 6.07) is 4.48. The molecule has 5 nitrogen and oxygen atoms in total. The summed E-state index contributed by atoms with van der Waals surface area (Å²) in [5, 5.41) is 5.94. The third-order valence-electron chi connectivity index (χ3n) is 3.45. The van der Waals surface area contributed by atoms with E-state index >= 15 is 0 Å². The van der Waals surface area contributed by atoms with Crippen molar-refractivity contribution >= 4 is 5.91 Å². The van der Waals surface area contributed by atoms with Gasteiger partial charge in [0.1, 0.15) is 12.4 Å². The Morgan fingerprint density at radius 3 is 2.48 bits per heavy atom. The van der Waals surface area contributed by atoms with Crippen molar-refractivity contribution in [3.8, 4) is 5.75 Å². The van der Waals surface area contributed by atoms with Gasteiger partial charge in [-0.3, -0.25) is 9.69 Å². The third-order valence-corrected chi connectivity index (χ3v) is 3.45. The Balaban J connectivity index is 1.64. The van der Waals surface area contributed by atoms with Crippen LogP contribution in [0.3, 0.4) is 0 Å². The highest BCUT2D eigenvalue weighted by atomic mass is 19.4. The lowest BCUT2D eigenvalue weighted by Gasteiger charge is -2.26. The van der Waals surface area contributed by atoms with Crippen LogP contribution in [0.5, 0.6) is 5.75 Å². The number of benzene rings is 1. The number of carbonyl (C=O) groups is 1. The average molecular weight is 331 g/mol. The van der Waals surface area contributed by atoms with Gasteiger partial charge in [0.25, 0.3) is 0 Å². The molecule has 1 aliphatic rings. The molecule has 1 heterocycles. The smallest absolute Gasteiger partial charge is 0.416 e. The van der Waals surface area contributed by atoms with Gasteiger partial charge in [-0.15, -0.1) is 0 Å². The first kappa shape index (κ1) is 17.6. The van der Waals surface area contributed by atoms with Crippen molar-refractivity contribution in [2.45, 2.75) is 6.18 Å². The Bertz CT molecular complexity index is 500. The summed E-state index contributed by atoms with van der Waals surface area (Å²) < 4.78 is 42.5. The van der Waals surface area contributed by atoms with Crippen molar-refractivity contribution in [1.82, 2.24) is 15.5 Å². The standard InChI is InChI=1S/C15H20F3N3O2/c16-15(17,18)12-1-3-13(4-2-12)23-10-7-20-14(22)11-21-8-5-19-6-9-21/h1-4,19H,5-11H2,(H,20,22). The van der Waals surface area contributed by atoms with E-state index in [0.29, 0.717) is 18.8 Å². The van der Waals surface area contributed by atoms with Gasteiger partial charge in [-0.2, -0.15) is 13.2 Å². The first-order chi connectivity index (χ1) is 10.9. The molecule has 1 aromatic rings. The Morgan fingerprint density at radius 1 is 1.22 bits per heavy atom. The lowest BCUT2D eigenvalue weighted by atomic mass is 10.2. The fourth-order valence-electron chi connectivity index (χ4n) is 2.23. The van der Waals surface area contributed by atoms with Crippen LogP contribution in [0.4, 0.5) is 13.2 Å². The molecule has 23 heavy (non-hydrogen) atoms. The molecular formula is C15H20F3N3O2. The second-order valence-electron chi connectivity index (χ2n) is 5.25. The molecule has 1 amide bonds. The van der Waals surface area contributed by atoms with Crippen molar-refractivity contribution in [3.63, 3.8) is 0 Å². The van der Waals surface area contributed by atoms with E-state index in [-0.39, 0.29) is 12.5 Å². The zero-order chi connectivity index (χ0) is 16.7. The Labute approximate surface area is 132 Å². The SMILES string of the molecule is O=C(CN1CCNCC1)NCCOc1ccc(C(F)(F)F)cc1. The number of amides is 1. The molecule has 0 saturated carbocycles. The zero-order valence-corrected chi connectivity index (χ0v) is 12.7. The molecule has 0 bridgehead atoms. The number of rotatable bonds is 6. The molecule has 1 fully saturated rings. The second kappa shape index (κ2) is 8.16. The summed E-state index contributed by atoms with van der Waals surface area (Å²) in [5.41, 5.74) is -0.714. The summed E-state index contributed by atoms with van der Waals surface area (Å²) >= 11 is 0. The Kier molecular flexibility index (Phi) is 6.23. The topological polar surface area (TPSA) is 53.6 Å². The van der Waals surface area contributed by atoms with Gasteiger partial charge in [0.15, 0.2) is 0 Å². The molecule has 0 unspecified atom stereocenters. The minimum atomic E-state index is -4.35. The monoisotopic (exact) mass is 331 g/mol. The second-order valence-corrected chi connectivity index (χ2v) is 5.25. The van der Waals surface area contributed by atoms with Crippen LogP contribution in [0.2, 0.25) is 0 Å². The molecule has 8 heteroatoms. The summed E-state index contributed by atoms with van der Waals surface area (Å²) in [6.45, 7) is 4.31. The molecule has 2 rings (SSSR count). The van der Waals surface area contributed by atoms with E-state index in [1.54, 1.807) is 0 Å². The van der Waals surface area contributed by atoms with E-state index in [0.717, 1.165) is 38.3 Å². The lowest BCUT2D eigenvalue weighted by Crippen LogP contribution is -2.47. The van der Waals surface area contributed by atoms with Crippen LogP contribution in [-0.2, 0) is 11.0 Å². The number of halogens is 3. The summed E-state index contributed by atoms with van der Waals surface area (Å²) in [5.74, 6) is 0.261. The number of ether oxygens (including phenoxy) is 1. The molecule has 1 aromatic carbocycles. The van der Waals surface area contributed by atoms with Crippen molar-refractivity contribution < 1.29 is 22.7 Å². The maximum absolute atomic E-state index is 12.4. The van der Waals surface area contributed by atoms with E-state index in [1.165, 1.54) is 12.1 Å². The van der Waals surface area contributed by atoms with E-state index in [1.807, 2.05) is 0 Å². The van der Waals surface area contributed by atoms with E-state index in [9.17, 15) is 18.0 Å². The van der Waals surface area contributed by atoms with E-state index < -0.39 is 11.7 Å². The van der Waals surface area contributed by atoms with Crippen LogP contribution in [-0.4, -0.2) is 56.7 Å². The number of hydrogen-bond donors (Lipinski definition) is 2. The van der Waals surface area contributed by atoms with Crippen LogP contribution >= 0.6 is 0 Å². The van der Waals surface area contributed by atoms with Crippen molar-refractivity contribution in [2.75, 3.05) is 45.9 Å². The zero-order valence-electron chi connectivity index (χ0n) is 12.7. The van der Waals surface area contributed by atoms with Gasteiger partial charge in [0, 0.05) is 26.2 Å². The minimum Gasteiger partial charge on any atom is -0.492 e. The van der Waals surface area contributed by atoms with Crippen LogP contribution in [0.15, 0.2) is 24.3 Å². The van der Waals surface area contributed by atoms with Crippen LogP contribution in [0.25, 0.3) is 0 Å². The van der Waals surface area contributed by atoms with Crippen molar-refractivity contribution in [2.24, 2.45) is 0 Å². The number of nitrogens with one attached hydrogen (secondary N) is 2. The number of carbonyl (C=O) groups excluding carboxylic acids is 1. The van der Waals surface area contributed by atoms with E-state index in [4.69, 9.17) is 4.74 Å². The number of alkyl halides is 3. The average Bonchev–Trinajstić information content (AvgIpc) is 2.52. The van der Waals surface area contributed by atoms with Crippen LogP contribution in [0.1, 0.15) is 5.56 Å². The van der Waals surface area contributed by atoms with Gasteiger partial charge in [-0.1, -0.05) is 0 Å². The van der Waals surface area contributed by atoms with Crippen molar-refractivity contribution in [1.29, 1.82) is 0 Å². The molecule has 0 radical (unpaired) electrons. The normalized spacial score (nSPS) is 16.1. The summed E-state index contributed by atoms with van der Waals surface area (Å²) in [6.07, 6.45) is -4.35. The molecule has 0 aromatic heterocycles. The molecule has 128 valence electrons. The summed E-state index contributed by atoms with van der Waals surface area (Å²) in [4.78, 5) is 13.8. The highest BCUT2D eigenvalue weighted by Crippen LogP contribution is 2.30. The predicted octanol–water partition coefficient (Wildman–Crippen LogP) is 1.11. The first-order valence-electron chi connectivity index (χ1n) is 7.45. The highest BCUT2D eigenvalue weighted by molar-refractivity contribution is 5.78. The largest absolute Gasteiger partial charge is 0.492 e. The van der Waals surface area contributed by atoms with Gasteiger partial charge in [0.2, 0.25) is 5.91 Å². The van der Waals surface area contributed by atoms with Gasteiger partial charge >= 0.3 is 6.18 Å². The van der Waals surface area contributed by atoms with E-state index in [2.05, 4.69) is 15.5 Å². The molecular weight excluding hydrogens is 311 g/mol. The van der Waals surface area contributed by atoms with Gasteiger partial charge < -0.3 is 15.4 Å². The number of piperazine rings is 1. The highest BCUT2D eigenvalue weighted by Gasteiger charge is 2.29. The maximum atomic E-state index is 12.4. The predicted molar refractivity (Wildman–Crippen MR) is 79.3 cm³/mol. The van der Waals surface area contributed by atoms with Crippen molar-refractivity contribution in [3.05, 3.63) is 29.8 Å². The molecule has 0 aliphatic carbocycles. The third kappa shape index (κ3) is 6.07. The molecule has 1 aliphatic heterocycles. The lowest BCUT2D eigenvalue weighted by molar-refractivity contribution is -0.137. The molecule has 2 N–H and O–H groups in total. The molecule has 0 spiro atoms. The first-order valence-corrected chi connectivity index (χ1v) is 7.45. The van der Waals surface area contributed by atoms with Gasteiger partial charge in [0.05, 0.1) is 18.7 Å². The Hall–Kier alpha value is -1.80. The number of nitrogens with zero attached hydrogens (tertiary/aromatic N) is 1. The fourth-order valence-corrected chi connectivity index (χ4v) is 2.23. The molecule has 0 atom stereocenters. The summed E-state index contributed by atoms with van der Waals surface area (Å²) in [7, 11) is 0. The Morgan fingerprint density at radius 2 is 1.87 bits per heavy atom. The van der Waals surface area contributed by atoms with Gasteiger partial charge in [-0.05, 0) is 24.3 Å². The minimum absolute atomic E-state index is 0.0806. The molecule has 1 saturated heterocycles. The van der Waals surface area contributed by atoms with Crippen LogP contribution < -0.4 is 15.4 Å². The van der Waals surface area contributed by atoms with Crippen LogP contribution in [0, 0.1) is 0 Å². The fraction of sp³-hybridized carbons (Fsp3) is 0.533. The maximum Gasteiger partial charge on any atom is 0.416 e. The quantitative estimate of drug-likeness (QED) is 0.767. The van der Waals surface area contributed by atoms with Gasteiger partial charge in [-0.25, -0.2) is 0 Å². The number of hydrogen-bond acceptors (Lipinski definition) is 4.